The van der Waals surface area contributed by atoms with E-state index in [0.717, 1.165) is 22.0 Å². The van der Waals surface area contributed by atoms with Crippen molar-refractivity contribution in [2.75, 3.05) is 26.9 Å². The van der Waals surface area contributed by atoms with Crippen molar-refractivity contribution >= 4 is 33.1 Å². The average molecular weight is 472 g/mol. The van der Waals surface area contributed by atoms with Crippen LogP contribution in [0.5, 0.6) is 11.5 Å². The van der Waals surface area contributed by atoms with Crippen LogP contribution in [0.4, 0.5) is 0 Å². The highest BCUT2D eigenvalue weighted by Gasteiger charge is 2.17. The first kappa shape index (κ1) is 22.8. The topological polar surface area (TPSA) is 39.7 Å². The molecule has 2 aromatic rings. The summed E-state index contributed by atoms with van der Waals surface area (Å²) in [6.07, 6.45) is 10.9. The molecule has 0 fully saturated rings. The SMILES string of the molecule is C#CCOc1ccc(CCNC(=S)C(OCC#C)c2ccc(Br)cc2)cc1OC. The molecule has 2 rings (SSSR count). The molecule has 0 radical (unpaired) electrons. The van der Waals surface area contributed by atoms with Crippen LogP contribution in [-0.4, -0.2) is 31.9 Å². The van der Waals surface area contributed by atoms with Gasteiger partial charge in [-0.1, -0.05) is 58.2 Å². The highest BCUT2D eigenvalue weighted by Crippen LogP contribution is 2.28. The standard InChI is InChI=1S/C23H22BrNO3S/c1-4-14-27-20-11-6-17(16-21(20)26-3)12-13-25-23(29)22(28-15-5-2)18-7-9-19(24)10-8-18/h1-2,6-11,16,22H,12-15H2,3H3,(H,25,29). The van der Waals surface area contributed by atoms with Gasteiger partial charge in [0.25, 0.3) is 0 Å². The Bertz CT molecular complexity index is 900. The van der Waals surface area contributed by atoms with Crippen LogP contribution in [0, 0.1) is 24.7 Å². The van der Waals surface area contributed by atoms with Gasteiger partial charge in [-0.15, -0.1) is 12.8 Å². The lowest BCUT2D eigenvalue weighted by Gasteiger charge is -2.20. The minimum absolute atomic E-state index is 0.179. The van der Waals surface area contributed by atoms with Crippen molar-refractivity contribution in [1.29, 1.82) is 0 Å². The van der Waals surface area contributed by atoms with Gasteiger partial charge in [0.05, 0.1) is 7.11 Å². The van der Waals surface area contributed by atoms with Crippen molar-refractivity contribution in [2.45, 2.75) is 12.5 Å². The maximum Gasteiger partial charge on any atom is 0.162 e. The fraction of sp³-hybridized carbons (Fsp3) is 0.261. The lowest BCUT2D eigenvalue weighted by atomic mass is 10.1. The van der Waals surface area contributed by atoms with E-state index in [1.807, 2.05) is 42.5 Å². The maximum absolute atomic E-state index is 5.76. The molecule has 0 aliphatic heterocycles. The van der Waals surface area contributed by atoms with Gasteiger partial charge < -0.3 is 19.5 Å². The number of ether oxygens (including phenoxy) is 3. The monoisotopic (exact) mass is 471 g/mol. The van der Waals surface area contributed by atoms with Gasteiger partial charge >= 0.3 is 0 Å². The quantitative estimate of drug-likeness (QED) is 0.412. The van der Waals surface area contributed by atoms with Gasteiger partial charge in [0.1, 0.15) is 24.3 Å². The number of nitrogens with one attached hydrogen (secondary N) is 1. The molecule has 1 unspecified atom stereocenters. The lowest BCUT2D eigenvalue weighted by Crippen LogP contribution is -2.31. The Balaban J connectivity index is 1.98. The number of thiocarbonyl (C=S) groups is 1. The minimum atomic E-state index is -0.400. The molecule has 0 spiro atoms. The third-order valence-electron chi connectivity index (χ3n) is 4.00. The van der Waals surface area contributed by atoms with Gasteiger partial charge in [-0.2, -0.15) is 0 Å². The summed E-state index contributed by atoms with van der Waals surface area (Å²) in [5.41, 5.74) is 2.02. The van der Waals surface area contributed by atoms with Crippen molar-refractivity contribution in [3.05, 3.63) is 58.1 Å². The Morgan fingerprint density at radius 1 is 1.10 bits per heavy atom. The predicted molar refractivity (Wildman–Crippen MR) is 123 cm³/mol. The fourth-order valence-electron chi connectivity index (χ4n) is 2.62. The Kier molecular flexibility index (Phi) is 9.53. The number of benzene rings is 2. The zero-order valence-corrected chi connectivity index (χ0v) is 18.5. The molecule has 1 atom stereocenters. The molecule has 0 aliphatic rings. The number of hydrogen-bond donors (Lipinski definition) is 1. The van der Waals surface area contributed by atoms with E-state index in [9.17, 15) is 0 Å². The van der Waals surface area contributed by atoms with Gasteiger partial charge in [-0.05, 0) is 41.8 Å². The number of halogens is 1. The molecule has 150 valence electrons. The summed E-state index contributed by atoms with van der Waals surface area (Å²) >= 11 is 8.99. The first-order valence-electron chi connectivity index (χ1n) is 8.90. The third kappa shape index (κ3) is 7.11. The van der Waals surface area contributed by atoms with Crippen molar-refractivity contribution in [1.82, 2.24) is 5.32 Å². The molecule has 0 aromatic heterocycles. The van der Waals surface area contributed by atoms with Crippen LogP contribution in [0.15, 0.2) is 46.9 Å². The van der Waals surface area contributed by atoms with E-state index in [4.69, 9.17) is 39.3 Å². The fourth-order valence-corrected chi connectivity index (χ4v) is 3.19. The van der Waals surface area contributed by atoms with E-state index in [-0.39, 0.29) is 13.2 Å². The number of terminal acetylenes is 2. The summed E-state index contributed by atoms with van der Waals surface area (Å²) in [4.78, 5) is 0.587. The van der Waals surface area contributed by atoms with Crippen LogP contribution in [-0.2, 0) is 11.2 Å². The van der Waals surface area contributed by atoms with Gasteiger partial charge in [0, 0.05) is 11.0 Å². The second kappa shape index (κ2) is 12.1. The Hall–Kier alpha value is -2.51. The molecule has 1 N–H and O–H groups in total. The molecule has 0 saturated heterocycles. The van der Waals surface area contributed by atoms with Crippen molar-refractivity contribution in [3.63, 3.8) is 0 Å². The van der Waals surface area contributed by atoms with Crippen LogP contribution < -0.4 is 14.8 Å². The molecule has 4 nitrogen and oxygen atoms in total. The second-order valence-corrected chi connectivity index (χ2v) is 7.32. The summed E-state index contributed by atoms with van der Waals surface area (Å²) in [5.74, 6) is 6.20. The Morgan fingerprint density at radius 2 is 1.83 bits per heavy atom. The van der Waals surface area contributed by atoms with Crippen LogP contribution >= 0.6 is 28.1 Å². The molecular formula is C23H22BrNO3S. The van der Waals surface area contributed by atoms with Crippen LogP contribution in [0.1, 0.15) is 17.2 Å². The number of hydrogen-bond acceptors (Lipinski definition) is 4. The minimum Gasteiger partial charge on any atom is -0.493 e. The van der Waals surface area contributed by atoms with E-state index in [1.165, 1.54) is 0 Å². The molecular weight excluding hydrogens is 450 g/mol. The number of rotatable bonds is 10. The van der Waals surface area contributed by atoms with E-state index in [2.05, 4.69) is 33.1 Å². The van der Waals surface area contributed by atoms with Gasteiger partial charge in [0.2, 0.25) is 0 Å². The molecule has 0 aliphatic carbocycles. The molecule has 0 bridgehead atoms. The number of methoxy groups -OCH3 is 1. The Morgan fingerprint density at radius 3 is 2.48 bits per heavy atom. The molecule has 6 heteroatoms. The Labute approximate surface area is 186 Å². The van der Waals surface area contributed by atoms with E-state index in [1.54, 1.807) is 7.11 Å². The summed E-state index contributed by atoms with van der Waals surface area (Å²) in [6, 6.07) is 13.6. The van der Waals surface area contributed by atoms with Crippen molar-refractivity contribution in [2.24, 2.45) is 0 Å². The zero-order valence-electron chi connectivity index (χ0n) is 16.1. The van der Waals surface area contributed by atoms with E-state index >= 15 is 0 Å². The summed E-state index contributed by atoms with van der Waals surface area (Å²) in [5, 5.41) is 3.27. The van der Waals surface area contributed by atoms with Crippen molar-refractivity contribution in [3.8, 4) is 36.2 Å². The summed E-state index contributed by atoms with van der Waals surface area (Å²) < 4.78 is 17.6. The predicted octanol–water partition coefficient (Wildman–Crippen LogP) is 4.32. The highest BCUT2D eigenvalue weighted by atomic mass is 79.9. The van der Waals surface area contributed by atoms with Crippen molar-refractivity contribution < 1.29 is 14.2 Å². The van der Waals surface area contributed by atoms with Gasteiger partial charge in [-0.25, -0.2) is 0 Å². The first-order valence-corrected chi connectivity index (χ1v) is 10.1. The largest absolute Gasteiger partial charge is 0.493 e. The summed E-state index contributed by atoms with van der Waals surface area (Å²) in [7, 11) is 1.60. The second-order valence-electron chi connectivity index (χ2n) is 5.97. The highest BCUT2D eigenvalue weighted by molar-refractivity contribution is 9.10. The molecule has 2 aromatic carbocycles. The van der Waals surface area contributed by atoms with Crippen LogP contribution in [0.2, 0.25) is 0 Å². The van der Waals surface area contributed by atoms with Gasteiger partial charge in [-0.3, -0.25) is 0 Å². The van der Waals surface area contributed by atoms with Gasteiger partial charge in [0.15, 0.2) is 11.5 Å². The smallest absolute Gasteiger partial charge is 0.162 e. The average Bonchev–Trinajstić information content (AvgIpc) is 2.74. The van der Waals surface area contributed by atoms with Crippen LogP contribution in [0.3, 0.4) is 0 Å². The molecule has 0 saturated carbocycles. The zero-order chi connectivity index (χ0) is 21.1. The third-order valence-corrected chi connectivity index (χ3v) is 4.88. The normalized spacial score (nSPS) is 11.0. The molecule has 29 heavy (non-hydrogen) atoms. The molecule has 0 heterocycles. The van der Waals surface area contributed by atoms with E-state index in [0.29, 0.717) is 23.0 Å². The maximum atomic E-state index is 5.76. The van der Waals surface area contributed by atoms with E-state index < -0.39 is 6.10 Å². The summed E-state index contributed by atoms with van der Waals surface area (Å²) in [6.45, 7) is 1.01. The van der Waals surface area contributed by atoms with Crippen LogP contribution in [0.25, 0.3) is 0 Å². The first-order chi connectivity index (χ1) is 14.1. The molecule has 0 amide bonds. The lowest BCUT2D eigenvalue weighted by molar-refractivity contribution is 0.127.